The van der Waals surface area contributed by atoms with Crippen LogP contribution in [-0.4, -0.2) is 57.7 Å². The van der Waals surface area contributed by atoms with Gasteiger partial charge >= 0.3 is 12.2 Å². The van der Waals surface area contributed by atoms with Crippen molar-refractivity contribution in [2.24, 2.45) is 0 Å². The number of nitrogens with zero attached hydrogens (tertiary/aromatic N) is 2. The molecular weight excluding hydrogens is 536 g/mol. The molecule has 0 radical (unpaired) electrons. The van der Waals surface area contributed by atoms with Crippen molar-refractivity contribution in [2.45, 2.75) is 83.0 Å². The fourth-order valence-electron chi connectivity index (χ4n) is 5.33. The molecule has 0 aliphatic carbocycles. The number of benzene rings is 2. The SMILES string of the molecule is CC(C)(C)OC(=O)N1C([C@@H](C(=O)N2C(=O)OCC2Cc2ccccc2)c2ccc(Br)cc2)CCC1(C)C. The van der Waals surface area contributed by atoms with Gasteiger partial charge in [0, 0.05) is 10.0 Å². The average Bonchev–Trinajstić information content (AvgIpc) is 3.33. The molecule has 2 aromatic carbocycles. The first kappa shape index (κ1) is 27.2. The lowest BCUT2D eigenvalue weighted by Crippen LogP contribution is -2.54. The third-order valence-electron chi connectivity index (χ3n) is 7.02. The van der Waals surface area contributed by atoms with E-state index in [4.69, 9.17) is 9.47 Å². The Kier molecular flexibility index (Phi) is 7.70. The van der Waals surface area contributed by atoms with E-state index in [2.05, 4.69) is 15.9 Å². The summed E-state index contributed by atoms with van der Waals surface area (Å²) in [6.07, 6.45) is 0.700. The third-order valence-corrected chi connectivity index (χ3v) is 7.55. The van der Waals surface area contributed by atoms with Crippen molar-refractivity contribution in [3.63, 3.8) is 0 Å². The molecule has 0 spiro atoms. The van der Waals surface area contributed by atoms with Gasteiger partial charge in [-0.2, -0.15) is 0 Å². The summed E-state index contributed by atoms with van der Waals surface area (Å²) in [7, 11) is 0. The Labute approximate surface area is 227 Å². The largest absolute Gasteiger partial charge is 0.447 e. The number of carbonyl (C=O) groups excluding carboxylic acids is 3. The van der Waals surface area contributed by atoms with Crippen LogP contribution in [0.5, 0.6) is 0 Å². The van der Waals surface area contributed by atoms with Crippen LogP contribution in [-0.2, 0) is 20.7 Å². The lowest BCUT2D eigenvalue weighted by Gasteiger charge is -2.40. The molecule has 2 aromatic rings. The smallest absolute Gasteiger partial charge is 0.417 e. The summed E-state index contributed by atoms with van der Waals surface area (Å²) in [5.41, 5.74) is 0.552. The predicted octanol–water partition coefficient (Wildman–Crippen LogP) is 6.30. The Morgan fingerprint density at radius 3 is 2.38 bits per heavy atom. The molecule has 198 valence electrons. The van der Waals surface area contributed by atoms with Crippen LogP contribution < -0.4 is 0 Å². The van der Waals surface area contributed by atoms with Crippen LogP contribution in [0.2, 0.25) is 0 Å². The number of halogens is 1. The van der Waals surface area contributed by atoms with Gasteiger partial charge in [-0.3, -0.25) is 9.69 Å². The average molecular weight is 572 g/mol. The number of imide groups is 1. The summed E-state index contributed by atoms with van der Waals surface area (Å²) in [6, 6.07) is 16.3. The first-order chi connectivity index (χ1) is 17.4. The molecule has 2 fully saturated rings. The maximum absolute atomic E-state index is 14.3. The van der Waals surface area contributed by atoms with E-state index < -0.39 is 41.3 Å². The van der Waals surface area contributed by atoms with E-state index in [1.54, 1.807) is 4.90 Å². The van der Waals surface area contributed by atoms with Crippen molar-refractivity contribution in [2.75, 3.05) is 6.61 Å². The van der Waals surface area contributed by atoms with E-state index in [1.165, 1.54) is 4.90 Å². The second-order valence-corrected chi connectivity index (χ2v) is 12.3. The number of hydrogen-bond donors (Lipinski definition) is 0. The number of likely N-dealkylation sites (tertiary alicyclic amines) is 1. The van der Waals surface area contributed by atoms with E-state index in [-0.39, 0.29) is 12.5 Å². The molecule has 0 aromatic heterocycles. The van der Waals surface area contributed by atoms with Crippen molar-refractivity contribution in [3.8, 4) is 0 Å². The fraction of sp³-hybridized carbons (Fsp3) is 0.483. The van der Waals surface area contributed by atoms with Gasteiger partial charge in [0.05, 0.1) is 18.0 Å². The zero-order valence-corrected chi connectivity index (χ0v) is 23.7. The van der Waals surface area contributed by atoms with Gasteiger partial charge < -0.3 is 9.47 Å². The second kappa shape index (κ2) is 10.5. The van der Waals surface area contributed by atoms with Crippen LogP contribution in [0.25, 0.3) is 0 Å². The summed E-state index contributed by atoms with van der Waals surface area (Å²) in [6.45, 7) is 9.60. The molecule has 2 aliphatic heterocycles. The molecule has 2 aliphatic rings. The number of hydrogen-bond acceptors (Lipinski definition) is 5. The molecule has 4 rings (SSSR count). The molecule has 3 amide bonds. The van der Waals surface area contributed by atoms with Crippen LogP contribution in [0.1, 0.15) is 64.5 Å². The van der Waals surface area contributed by atoms with Gasteiger partial charge in [-0.25, -0.2) is 14.5 Å². The Hall–Kier alpha value is -2.87. The van der Waals surface area contributed by atoms with Gasteiger partial charge in [-0.1, -0.05) is 58.4 Å². The first-order valence-electron chi connectivity index (χ1n) is 12.7. The lowest BCUT2D eigenvalue weighted by molar-refractivity contribution is -0.132. The fourth-order valence-corrected chi connectivity index (χ4v) is 5.59. The molecule has 2 heterocycles. The van der Waals surface area contributed by atoms with Crippen molar-refractivity contribution in [3.05, 3.63) is 70.2 Å². The van der Waals surface area contributed by atoms with Gasteiger partial charge in [0.2, 0.25) is 5.91 Å². The maximum Gasteiger partial charge on any atom is 0.417 e. The standard InChI is InChI=1S/C29H35BrN2O5/c1-28(2,3)37-27(35)32-23(15-16-29(32,4)5)24(20-11-13-21(30)14-12-20)25(33)31-22(18-36-26(31)34)17-19-9-7-6-8-10-19/h6-14,22-24H,15-18H2,1-5H3/t22?,23?,24-/m0/s1. The Bertz CT molecular complexity index is 1140. The number of cyclic esters (lactones) is 1. The molecule has 2 saturated heterocycles. The van der Waals surface area contributed by atoms with E-state index >= 15 is 0 Å². The van der Waals surface area contributed by atoms with E-state index in [0.29, 0.717) is 19.3 Å². The molecule has 0 bridgehead atoms. The minimum atomic E-state index is -0.758. The number of amides is 3. The summed E-state index contributed by atoms with van der Waals surface area (Å²) < 4.78 is 12.0. The molecular formula is C29H35BrN2O5. The predicted molar refractivity (Wildman–Crippen MR) is 144 cm³/mol. The second-order valence-electron chi connectivity index (χ2n) is 11.4. The molecule has 8 heteroatoms. The highest BCUT2D eigenvalue weighted by atomic mass is 79.9. The number of rotatable bonds is 5. The van der Waals surface area contributed by atoms with Crippen molar-refractivity contribution in [1.29, 1.82) is 0 Å². The van der Waals surface area contributed by atoms with Crippen LogP contribution >= 0.6 is 15.9 Å². The van der Waals surface area contributed by atoms with Gasteiger partial charge in [-0.05, 0) is 77.1 Å². The van der Waals surface area contributed by atoms with Crippen LogP contribution in [0, 0.1) is 0 Å². The van der Waals surface area contributed by atoms with Gasteiger partial charge in [0.25, 0.3) is 0 Å². The van der Waals surface area contributed by atoms with E-state index in [0.717, 1.165) is 15.6 Å². The molecule has 0 N–H and O–H groups in total. The maximum atomic E-state index is 14.3. The summed E-state index contributed by atoms with van der Waals surface area (Å²) in [5, 5.41) is 0. The topological polar surface area (TPSA) is 76.2 Å². The Morgan fingerprint density at radius 2 is 1.76 bits per heavy atom. The normalized spacial score (nSPS) is 22.1. The minimum absolute atomic E-state index is 0.137. The highest BCUT2D eigenvalue weighted by molar-refractivity contribution is 9.10. The quantitative estimate of drug-likeness (QED) is 0.421. The third kappa shape index (κ3) is 6.00. The van der Waals surface area contributed by atoms with Crippen molar-refractivity contribution >= 4 is 34.0 Å². The monoisotopic (exact) mass is 570 g/mol. The van der Waals surface area contributed by atoms with E-state index in [1.807, 2.05) is 89.2 Å². The van der Waals surface area contributed by atoms with Crippen molar-refractivity contribution in [1.82, 2.24) is 9.80 Å². The summed E-state index contributed by atoms with van der Waals surface area (Å²) >= 11 is 3.47. The van der Waals surface area contributed by atoms with Gasteiger partial charge in [0.1, 0.15) is 12.2 Å². The van der Waals surface area contributed by atoms with E-state index in [9.17, 15) is 14.4 Å². The highest BCUT2D eigenvalue weighted by Crippen LogP contribution is 2.43. The van der Waals surface area contributed by atoms with Gasteiger partial charge in [-0.15, -0.1) is 0 Å². The molecule has 0 saturated carbocycles. The molecule has 37 heavy (non-hydrogen) atoms. The zero-order valence-electron chi connectivity index (χ0n) is 22.1. The molecule has 7 nitrogen and oxygen atoms in total. The van der Waals surface area contributed by atoms with Crippen LogP contribution in [0.4, 0.5) is 9.59 Å². The number of ether oxygens (including phenoxy) is 2. The Morgan fingerprint density at radius 1 is 1.11 bits per heavy atom. The zero-order chi connectivity index (χ0) is 27.0. The first-order valence-corrected chi connectivity index (χ1v) is 13.5. The molecule has 3 atom stereocenters. The van der Waals surface area contributed by atoms with Crippen LogP contribution in [0.3, 0.4) is 0 Å². The molecule has 2 unspecified atom stereocenters. The van der Waals surface area contributed by atoms with Crippen molar-refractivity contribution < 1.29 is 23.9 Å². The summed E-state index contributed by atoms with van der Waals surface area (Å²) in [4.78, 5) is 43.7. The Balaban J connectivity index is 1.73. The number of carbonyl (C=O) groups is 3. The van der Waals surface area contributed by atoms with Crippen LogP contribution in [0.15, 0.2) is 59.1 Å². The highest BCUT2D eigenvalue weighted by Gasteiger charge is 2.52. The summed E-state index contributed by atoms with van der Waals surface area (Å²) in [5.74, 6) is -1.12. The van der Waals surface area contributed by atoms with Gasteiger partial charge in [0.15, 0.2) is 0 Å². The lowest BCUT2D eigenvalue weighted by atomic mass is 9.88. The minimum Gasteiger partial charge on any atom is -0.447 e.